The van der Waals surface area contributed by atoms with Gasteiger partial charge >= 0.3 is 0 Å². The van der Waals surface area contributed by atoms with Crippen LogP contribution < -0.4 is 0 Å². The van der Waals surface area contributed by atoms with Crippen molar-refractivity contribution in [2.24, 2.45) is 0 Å². The first-order valence-electron chi connectivity index (χ1n) is 4.98. The van der Waals surface area contributed by atoms with Gasteiger partial charge in [0, 0.05) is 0 Å². The first kappa shape index (κ1) is 11.2. The van der Waals surface area contributed by atoms with Crippen molar-refractivity contribution in [3.63, 3.8) is 0 Å². The number of rotatable bonds is 4. The third-order valence-electron chi connectivity index (χ3n) is 2.46. The molecule has 0 aliphatic rings. The van der Waals surface area contributed by atoms with Gasteiger partial charge in [-0.15, -0.1) is 0 Å². The van der Waals surface area contributed by atoms with E-state index < -0.39 is 6.10 Å². The fourth-order valence-corrected chi connectivity index (χ4v) is 1.54. The van der Waals surface area contributed by atoms with Crippen LogP contribution in [0.25, 0.3) is 0 Å². The largest absolute Gasteiger partial charge is 0.394 e. The van der Waals surface area contributed by atoms with E-state index in [4.69, 9.17) is 5.11 Å². The molecule has 0 aromatic heterocycles. The normalized spacial score (nSPS) is 12.9. The molecule has 2 nitrogen and oxygen atoms in total. The summed E-state index contributed by atoms with van der Waals surface area (Å²) in [6, 6.07) is 6.31. The molecule has 1 rings (SSSR count). The maximum Gasteiger partial charge on any atom is 0.0774 e. The molecule has 14 heavy (non-hydrogen) atoms. The van der Waals surface area contributed by atoms with Gasteiger partial charge in [0.05, 0.1) is 12.7 Å². The van der Waals surface area contributed by atoms with Crippen LogP contribution in [-0.4, -0.2) is 22.9 Å². The lowest BCUT2D eigenvalue weighted by Gasteiger charge is -2.09. The number of aliphatic hydroxyl groups is 2. The predicted octanol–water partition coefficient (Wildman–Crippen LogP) is 1.59. The summed E-state index contributed by atoms with van der Waals surface area (Å²) in [5.74, 6) is 0. The first-order chi connectivity index (χ1) is 6.63. The van der Waals surface area contributed by atoms with Gasteiger partial charge in [-0.2, -0.15) is 0 Å². The van der Waals surface area contributed by atoms with Crippen LogP contribution in [-0.2, 0) is 6.42 Å². The lowest BCUT2D eigenvalue weighted by Crippen LogP contribution is -2.12. The Balaban J connectivity index is 2.59. The van der Waals surface area contributed by atoms with Crippen molar-refractivity contribution >= 4 is 0 Å². The minimum Gasteiger partial charge on any atom is -0.394 e. The minimum absolute atomic E-state index is 0.148. The fourth-order valence-electron chi connectivity index (χ4n) is 1.54. The number of hydrogen-bond acceptors (Lipinski definition) is 2. The highest BCUT2D eigenvalue weighted by molar-refractivity contribution is 5.30. The molecule has 0 radical (unpaired) electrons. The zero-order valence-corrected chi connectivity index (χ0v) is 8.83. The standard InChI is InChI=1S/C12H18O2/c1-9-3-4-11(10(2)7-9)5-6-12(14)8-13/h3-4,7,12-14H,5-6,8H2,1-2H3. The molecular weight excluding hydrogens is 176 g/mol. The monoisotopic (exact) mass is 194 g/mol. The Labute approximate surface area is 85.2 Å². The zero-order chi connectivity index (χ0) is 10.6. The summed E-state index contributed by atoms with van der Waals surface area (Å²) in [5, 5.41) is 17.9. The van der Waals surface area contributed by atoms with E-state index in [1.165, 1.54) is 16.7 Å². The molecular formula is C12H18O2. The second-order valence-corrected chi connectivity index (χ2v) is 3.81. The zero-order valence-electron chi connectivity index (χ0n) is 8.83. The topological polar surface area (TPSA) is 40.5 Å². The van der Waals surface area contributed by atoms with E-state index in [9.17, 15) is 5.11 Å². The van der Waals surface area contributed by atoms with Gasteiger partial charge in [-0.3, -0.25) is 0 Å². The van der Waals surface area contributed by atoms with Gasteiger partial charge in [0.15, 0.2) is 0 Å². The van der Waals surface area contributed by atoms with E-state index in [0.29, 0.717) is 6.42 Å². The quantitative estimate of drug-likeness (QED) is 0.764. The average molecular weight is 194 g/mol. The number of aryl methyl sites for hydroxylation is 3. The van der Waals surface area contributed by atoms with Crippen LogP contribution in [0, 0.1) is 13.8 Å². The second kappa shape index (κ2) is 5.13. The summed E-state index contributed by atoms with van der Waals surface area (Å²) in [6.07, 6.45) is 0.865. The molecule has 1 aromatic rings. The molecule has 1 aromatic carbocycles. The van der Waals surface area contributed by atoms with Crippen molar-refractivity contribution in [3.05, 3.63) is 34.9 Å². The van der Waals surface area contributed by atoms with E-state index in [0.717, 1.165) is 6.42 Å². The van der Waals surface area contributed by atoms with Gasteiger partial charge in [0.1, 0.15) is 0 Å². The van der Waals surface area contributed by atoms with E-state index in [2.05, 4.69) is 32.0 Å². The van der Waals surface area contributed by atoms with E-state index in [1.54, 1.807) is 0 Å². The van der Waals surface area contributed by atoms with Crippen molar-refractivity contribution < 1.29 is 10.2 Å². The molecule has 0 bridgehead atoms. The molecule has 0 amide bonds. The minimum atomic E-state index is -0.587. The van der Waals surface area contributed by atoms with Crippen LogP contribution in [0.15, 0.2) is 18.2 Å². The highest BCUT2D eigenvalue weighted by Gasteiger charge is 2.04. The summed E-state index contributed by atoms with van der Waals surface area (Å²) < 4.78 is 0. The van der Waals surface area contributed by atoms with Crippen molar-refractivity contribution in [2.75, 3.05) is 6.61 Å². The number of benzene rings is 1. The van der Waals surface area contributed by atoms with Gasteiger partial charge in [0.25, 0.3) is 0 Å². The summed E-state index contributed by atoms with van der Waals surface area (Å²) in [7, 11) is 0. The van der Waals surface area contributed by atoms with Crippen LogP contribution in [0.5, 0.6) is 0 Å². The summed E-state index contributed by atoms with van der Waals surface area (Å²) in [4.78, 5) is 0. The number of hydrogen-bond donors (Lipinski definition) is 2. The van der Waals surface area contributed by atoms with Gasteiger partial charge in [-0.05, 0) is 37.8 Å². The summed E-state index contributed by atoms with van der Waals surface area (Å²) in [5.41, 5.74) is 3.77. The Hall–Kier alpha value is -0.860. The van der Waals surface area contributed by atoms with Gasteiger partial charge in [-0.25, -0.2) is 0 Å². The van der Waals surface area contributed by atoms with Gasteiger partial charge < -0.3 is 10.2 Å². The molecule has 2 heteroatoms. The Morgan fingerprint density at radius 3 is 2.57 bits per heavy atom. The molecule has 0 aliphatic carbocycles. The summed E-state index contributed by atoms with van der Waals surface area (Å²) >= 11 is 0. The Morgan fingerprint density at radius 2 is 2.00 bits per heavy atom. The molecule has 0 fully saturated rings. The van der Waals surface area contributed by atoms with Crippen LogP contribution >= 0.6 is 0 Å². The van der Waals surface area contributed by atoms with Gasteiger partial charge in [-0.1, -0.05) is 23.8 Å². The molecule has 1 unspecified atom stereocenters. The Morgan fingerprint density at radius 1 is 1.29 bits per heavy atom. The maximum absolute atomic E-state index is 9.21. The molecule has 0 heterocycles. The molecule has 0 saturated carbocycles. The maximum atomic E-state index is 9.21. The molecule has 78 valence electrons. The van der Waals surface area contributed by atoms with Crippen LogP contribution in [0.4, 0.5) is 0 Å². The van der Waals surface area contributed by atoms with Crippen molar-refractivity contribution in [1.29, 1.82) is 0 Å². The molecule has 0 spiro atoms. The lowest BCUT2D eigenvalue weighted by molar-refractivity contribution is 0.0885. The van der Waals surface area contributed by atoms with E-state index in [-0.39, 0.29) is 6.61 Å². The van der Waals surface area contributed by atoms with Gasteiger partial charge in [0.2, 0.25) is 0 Å². The predicted molar refractivity (Wildman–Crippen MR) is 57.3 cm³/mol. The first-order valence-corrected chi connectivity index (χ1v) is 4.98. The molecule has 2 N–H and O–H groups in total. The van der Waals surface area contributed by atoms with E-state index in [1.807, 2.05) is 0 Å². The molecule has 1 atom stereocenters. The highest BCUT2D eigenvalue weighted by atomic mass is 16.3. The van der Waals surface area contributed by atoms with Crippen molar-refractivity contribution in [1.82, 2.24) is 0 Å². The fraction of sp³-hybridized carbons (Fsp3) is 0.500. The Bertz CT molecular complexity index is 294. The van der Waals surface area contributed by atoms with Crippen LogP contribution in [0.2, 0.25) is 0 Å². The third kappa shape index (κ3) is 3.13. The molecule has 0 saturated heterocycles. The SMILES string of the molecule is Cc1ccc(CCC(O)CO)c(C)c1. The lowest BCUT2D eigenvalue weighted by atomic mass is 10.0. The summed E-state index contributed by atoms with van der Waals surface area (Å²) in [6.45, 7) is 4.00. The van der Waals surface area contributed by atoms with Crippen molar-refractivity contribution in [2.45, 2.75) is 32.8 Å². The van der Waals surface area contributed by atoms with E-state index >= 15 is 0 Å². The van der Waals surface area contributed by atoms with Crippen LogP contribution in [0.1, 0.15) is 23.1 Å². The highest BCUT2D eigenvalue weighted by Crippen LogP contribution is 2.13. The smallest absolute Gasteiger partial charge is 0.0774 e. The second-order valence-electron chi connectivity index (χ2n) is 3.81. The number of aliphatic hydroxyl groups excluding tert-OH is 2. The third-order valence-corrected chi connectivity index (χ3v) is 2.46. The van der Waals surface area contributed by atoms with Crippen molar-refractivity contribution in [3.8, 4) is 0 Å². The molecule has 0 aliphatic heterocycles. The Kier molecular flexibility index (Phi) is 4.11. The average Bonchev–Trinajstić information content (AvgIpc) is 2.16. The van der Waals surface area contributed by atoms with Crippen LogP contribution in [0.3, 0.4) is 0 Å².